The molecule has 0 saturated heterocycles. The van der Waals surface area contributed by atoms with Crippen molar-refractivity contribution in [3.63, 3.8) is 0 Å². The largest absolute Gasteiger partial charge is 0.507 e. The van der Waals surface area contributed by atoms with Gasteiger partial charge in [-0.05, 0) is 51.5 Å². The molecule has 0 heterocycles. The van der Waals surface area contributed by atoms with E-state index in [1.54, 1.807) is 13.0 Å². The van der Waals surface area contributed by atoms with Crippen LogP contribution in [0, 0.1) is 0 Å². The quantitative estimate of drug-likeness (QED) is 0.403. The number of aromatic hydroxyl groups is 2. The third kappa shape index (κ3) is 4.60. The highest BCUT2D eigenvalue weighted by Gasteiger charge is 2.33. The lowest BCUT2D eigenvalue weighted by atomic mass is 9.85. The van der Waals surface area contributed by atoms with Gasteiger partial charge in [-0.1, -0.05) is 17.2 Å². The SMILES string of the molecule is CC(C)=CC(=O)C/C(C)=C/C[C@@H](O)C1=CC(=O)c2c(O)ccc(O)c2C1=O. The molecule has 0 radical (unpaired) electrons. The molecule has 6 nitrogen and oxygen atoms in total. The number of hydrogen-bond acceptors (Lipinski definition) is 6. The number of rotatable bonds is 6. The van der Waals surface area contributed by atoms with Crippen LogP contribution in [0.15, 0.2) is 47.1 Å². The summed E-state index contributed by atoms with van der Waals surface area (Å²) in [6.07, 6.45) is 3.11. The van der Waals surface area contributed by atoms with Gasteiger partial charge in [0.25, 0.3) is 0 Å². The molecule has 0 fully saturated rings. The topological polar surface area (TPSA) is 112 Å². The molecule has 2 rings (SSSR count). The number of aliphatic hydroxyl groups is 1. The summed E-state index contributed by atoms with van der Waals surface area (Å²) < 4.78 is 0. The summed E-state index contributed by atoms with van der Waals surface area (Å²) in [7, 11) is 0. The van der Waals surface area contributed by atoms with Crippen LogP contribution < -0.4 is 0 Å². The maximum Gasteiger partial charge on any atom is 0.196 e. The molecular formula is C21H22O6. The second-order valence-electron chi connectivity index (χ2n) is 6.81. The number of carbonyl (C=O) groups excluding carboxylic acids is 3. The average Bonchev–Trinajstić information content (AvgIpc) is 2.57. The Morgan fingerprint density at radius 2 is 1.67 bits per heavy atom. The molecule has 1 aliphatic carbocycles. The van der Waals surface area contributed by atoms with Gasteiger partial charge in [0, 0.05) is 12.0 Å². The van der Waals surface area contributed by atoms with E-state index >= 15 is 0 Å². The van der Waals surface area contributed by atoms with Crippen LogP contribution >= 0.6 is 0 Å². The molecule has 27 heavy (non-hydrogen) atoms. The summed E-state index contributed by atoms with van der Waals surface area (Å²) in [5, 5.41) is 30.1. The fourth-order valence-electron chi connectivity index (χ4n) is 2.89. The normalized spacial score (nSPS) is 15.1. The lowest BCUT2D eigenvalue weighted by Gasteiger charge is -2.20. The molecule has 142 valence electrons. The van der Waals surface area contributed by atoms with E-state index in [1.165, 1.54) is 6.08 Å². The van der Waals surface area contributed by atoms with E-state index in [1.807, 2.05) is 13.8 Å². The van der Waals surface area contributed by atoms with Crippen molar-refractivity contribution >= 4 is 17.3 Å². The Morgan fingerprint density at radius 1 is 1.07 bits per heavy atom. The smallest absolute Gasteiger partial charge is 0.196 e. The van der Waals surface area contributed by atoms with Crippen molar-refractivity contribution in [2.75, 3.05) is 0 Å². The predicted octanol–water partition coefficient (Wildman–Crippen LogP) is 3.03. The van der Waals surface area contributed by atoms with Gasteiger partial charge in [0.15, 0.2) is 17.3 Å². The number of hydrogen-bond donors (Lipinski definition) is 3. The van der Waals surface area contributed by atoms with Crippen molar-refractivity contribution in [2.24, 2.45) is 0 Å². The molecule has 3 N–H and O–H groups in total. The molecule has 0 unspecified atom stereocenters. The van der Waals surface area contributed by atoms with Crippen LogP contribution in [0.5, 0.6) is 11.5 Å². The highest BCUT2D eigenvalue weighted by molar-refractivity contribution is 6.26. The van der Waals surface area contributed by atoms with Crippen molar-refractivity contribution in [1.29, 1.82) is 0 Å². The number of Topliss-reactive ketones (excluding diaryl/α,β-unsaturated/α-hetero) is 1. The number of carbonyl (C=O) groups is 3. The molecule has 1 aromatic carbocycles. The first-order valence-electron chi connectivity index (χ1n) is 8.48. The maximum absolute atomic E-state index is 12.6. The first kappa shape index (κ1) is 20.3. The lowest BCUT2D eigenvalue weighted by molar-refractivity contribution is -0.114. The summed E-state index contributed by atoms with van der Waals surface area (Å²) in [4.78, 5) is 36.6. The third-order valence-corrected chi connectivity index (χ3v) is 4.13. The van der Waals surface area contributed by atoms with Crippen molar-refractivity contribution in [3.05, 3.63) is 58.2 Å². The Morgan fingerprint density at radius 3 is 2.26 bits per heavy atom. The molecule has 0 amide bonds. The molecule has 0 aliphatic heterocycles. The van der Waals surface area contributed by atoms with E-state index < -0.39 is 29.2 Å². The van der Waals surface area contributed by atoms with Crippen molar-refractivity contribution in [3.8, 4) is 11.5 Å². The van der Waals surface area contributed by atoms with Crippen LogP contribution in [0.2, 0.25) is 0 Å². The van der Waals surface area contributed by atoms with Crippen molar-refractivity contribution in [2.45, 2.75) is 39.7 Å². The minimum Gasteiger partial charge on any atom is -0.507 e. The van der Waals surface area contributed by atoms with Gasteiger partial charge in [0.2, 0.25) is 0 Å². The van der Waals surface area contributed by atoms with E-state index in [9.17, 15) is 29.7 Å². The first-order valence-corrected chi connectivity index (χ1v) is 8.48. The van der Waals surface area contributed by atoms with E-state index in [2.05, 4.69) is 0 Å². The highest BCUT2D eigenvalue weighted by Crippen LogP contribution is 2.35. The summed E-state index contributed by atoms with van der Waals surface area (Å²) in [6.45, 7) is 5.39. The van der Waals surface area contributed by atoms with Crippen LogP contribution in [-0.4, -0.2) is 38.8 Å². The molecular weight excluding hydrogens is 348 g/mol. The number of benzene rings is 1. The number of allylic oxidation sites excluding steroid dienone is 4. The van der Waals surface area contributed by atoms with E-state index in [0.29, 0.717) is 0 Å². The number of aliphatic hydroxyl groups excluding tert-OH is 1. The summed E-state index contributed by atoms with van der Waals surface area (Å²) in [6, 6.07) is 2.25. The zero-order valence-corrected chi connectivity index (χ0v) is 15.4. The van der Waals surface area contributed by atoms with Crippen LogP contribution in [0.4, 0.5) is 0 Å². The first-order chi connectivity index (χ1) is 12.6. The standard InChI is InChI=1S/C21H22O6/c1-11(2)8-13(22)9-12(3)4-5-15(23)14-10-18(26)19-16(24)6-7-17(25)20(19)21(14)27/h4,6-8,10,15,23-25H,5,9H2,1-3H3/b12-4+/t15-/m1/s1. The number of phenols is 2. The minimum absolute atomic E-state index is 0.0354. The second-order valence-corrected chi connectivity index (χ2v) is 6.81. The van der Waals surface area contributed by atoms with E-state index in [4.69, 9.17) is 0 Å². The zero-order chi connectivity index (χ0) is 20.3. The number of fused-ring (bicyclic) bond motifs is 1. The minimum atomic E-state index is -1.27. The molecule has 0 bridgehead atoms. The molecule has 6 heteroatoms. The highest BCUT2D eigenvalue weighted by atomic mass is 16.3. The predicted molar refractivity (Wildman–Crippen MR) is 100.0 cm³/mol. The van der Waals surface area contributed by atoms with E-state index in [0.717, 1.165) is 29.4 Å². The summed E-state index contributed by atoms with van der Waals surface area (Å²) >= 11 is 0. The Kier molecular flexibility index (Phi) is 6.13. The van der Waals surface area contributed by atoms with Gasteiger partial charge in [0.1, 0.15) is 11.5 Å². The number of ketones is 3. The van der Waals surface area contributed by atoms with Crippen LogP contribution in [0.1, 0.15) is 54.3 Å². The number of phenolic OH excluding ortho intramolecular Hbond substituents is 2. The molecule has 1 aliphatic rings. The monoisotopic (exact) mass is 370 g/mol. The van der Waals surface area contributed by atoms with Gasteiger partial charge in [-0.15, -0.1) is 0 Å². The maximum atomic E-state index is 12.6. The van der Waals surface area contributed by atoms with Gasteiger partial charge < -0.3 is 15.3 Å². The second kappa shape index (κ2) is 8.14. The fraction of sp³-hybridized carbons (Fsp3) is 0.286. The Balaban J connectivity index is 2.19. The Labute approximate surface area is 157 Å². The lowest BCUT2D eigenvalue weighted by Crippen LogP contribution is -2.25. The van der Waals surface area contributed by atoms with Gasteiger partial charge in [-0.2, -0.15) is 0 Å². The fourth-order valence-corrected chi connectivity index (χ4v) is 2.89. The average molecular weight is 370 g/mol. The molecule has 1 atom stereocenters. The summed E-state index contributed by atoms with van der Waals surface area (Å²) in [5.41, 5.74) is 0.887. The van der Waals surface area contributed by atoms with Gasteiger partial charge >= 0.3 is 0 Å². The van der Waals surface area contributed by atoms with Gasteiger partial charge in [-0.3, -0.25) is 14.4 Å². The van der Waals surface area contributed by atoms with Crippen molar-refractivity contribution in [1.82, 2.24) is 0 Å². The molecule has 0 spiro atoms. The Bertz CT molecular complexity index is 897. The third-order valence-electron chi connectivity index (χ3n) is 4.13. The summed E-state index contributed by atoms with van der Waals surface area (Å²) in [5.74, 6) is -2.27. The van der Waals surface area contributed by atoms with Gasteiger partial charge in [0.05, 0.1) is 17.2 Å². The molecule has 1 aromatic rings. The van der Waals surface area contributed by atoms with Crippen LogP contribution in [0.25, 0.3) is 0 Å². The zero-order valence-electron chi connectivity index (χ0n) is 15.4. The van der Waals surface area contributed by atoms with E-state index in [-0.39, 0.29) is 35.3 Å². The molecule has 0 saturated carbocycles. The van der Waals surface area contributed by atoms with Crippen LogP contribution in [0.3, 0.4) is 0 Å². The molecule has 0 aromatic heterocycles. The van der Waals surface area contributed by atoms with Gasteiger partial charge in [-0.25, -0.2) is 0 Å². The Hall–Kier alpha value is -2.99. The van der Waals surface area contributed by atoms with Crippen molar-refractivity contribution < 1.29 is 29.7 Å². The van der Waals surface area contributed by atoms with Crippen LogP contribution in [-0.2, 0) is 4.79 Å².